The predicted molar refractivity (Wildman–Crippen MR) is 92.8 cm³/mol. The summed E-state index contributed by atoms with van der Waals surface area (Å²) in [5, 5.41) is 3.14. The Morgan fingerprint density at radius 2 is 2.12 bits per heavy atom. The average Bonchev–Trinajstić information content (AvgIpc) is 3.42. The third kappa shape index (κ3) is 3.51. The predicted octanol–water partition coefficient (Wildman–Crippen LogP) is 2.71. The van der Waals surface area contributed by atoms with E-state index in [4.69, 9.17) is 9.47 Å². The molecule has 1 aromatic carbocycles. The van der Waals surface area contributed by atoms with E-state index in [1.54, 1.807) is 6.07 Å². The molecule has 1 saturated carbocycles. The summed E-state index contributed by atoms with van der Waals surface area (Å²) in [6.45, 7) is 2.75. The van der Waals surface area contributed by atoms with E-state index < -0.39 is 17.2 Å². The number of carbonyl (C=O) groups excluding carboxylic acids is 1. The summed E-state index contributed by atoms with van der Waals surface area (Å²) in [5.41, 5.74) is 0.375. The van der Waals surface area contributed by atoms with E-state index in [9.17, 15) is 14.0 Å². The van der Waals surface area contributed by atoms with E-state index in [1.807, 2.05) is 11.5 Å². The number of halogens is 1. The van der Waals surface area contributed by atoms with E-state index in [0.717, 1.165) is 12.8 Å². The second-order valence-electron chi connectivity index (χ2n) is 6.02. The van der Waals surface area contributed by atoms with Gasteiger partial charge in [-0.05, 0) is 31.9 Å². The number of carbonyl (C=O) groups is 1. The van der Waals surface area contributed by atoms with Crippen LogP contribution in [0.4, 0.5) is 10.1 Å². The van der Waals surface area contributed by atoms with Crippen molar-refractivity contribution in [2.45, 2.75) is 25.8 Å². The second kappa shape index (κ2) is 7.23. The number of nitrogens with zero attached hydrogens (tertiary/aromatic N) is 1. The van der Waals surface area contributed by atoms with Gasteiger partial charge < -0.3 is 19.4 Å². The summed E-state index contributed by atoms with van der Waals surface area (Å²) in [6.07, 6.45) is 3.46. The number of aromatic nitrogens is 1. The Labute approximate surface area is 144 Å². The van der Waals surface area contributed by atoms with Crippen molar-refractivity contribution in [2.24, 2.45) is 0 Å². The van der Waals surface area contributed by atoms with Gasteiger partial charge in [-0.1, -0.05) is 0 Å². The molecule has 134 valence electrons. The highest BCUT2D eigenvalue weighted by Gasteiger charge is 2.27. The van der Waals surface area contributed by atoms with Gasteiger partial charge in [0, 0.05) is 31.3 Å². The minimum atomic E-state index is -0.713. The van der Waals surface area contributed by atoms with Gasteiger partial charge >= 0.3 is 5.97 Å². The van der Waals surface area contributed by atoms with E-state index in [0.29, 0.717) is 17.7 Å². The molecule has 0 spiro atoms. The van der Waals surface area contributed by atoms with Gasteiger partial charge in [0.2, 0.25) is 5.43 Å². The quantitative estimate of drug-likeness (QED) is 0.615. The maximum Gasteiger partial charge on any atom is 0.343 e. The lowest BCUT2D eigenvalue weighted by Crippen LogP contribution is -2.22. The molecular formula is C18H21FN2O4. The molecule has 25 heavy (non-hydrogen) atoms. The van der Waals surface area contributed by atoms with Crippen molar-refractivity contribution in [1.82, 2.24) is 4.57 Å². The fraction of sp³-hybridized carbons (Fsp3) is 0.444. The summed E-state index contributed by atoms with van der Waals surface area (Å²) in [7, 11) is 1.49. The maximum atomic E-state index is 14.3. The molecule has 1 aromatic heterocycles. The highest BCUT2D eigenvalue weighted by molar-refractivity contribution is 5.94. The average molecular weight is 348 g/mol. The van der Waals surface area contributed by atoms with Gasteiger partial charge in [-0.2, -0.15) is 0 Å². The Hall–Kier alpha value is -2.41. The molecule has 2 aromatic rings. The van der Waals surface area contributed by atoms with Crippen molar-refractivity contribution in [1.29, 1.82) is 0 Å². The zero-order valence-electron chi connectivity index (χ0n) is 14.3. The Morgan fingerprint density at radius 1 is 1.36 bits per heavy atom. The monoisotopic (exact) mass is 348 g/mol. The minimum absolute atomic E-state index is 0.0595. The number of hydrogen-bond donors (Lipinski definition) is 1. The molecule has 1 fully saturated rings. The van der Waals surface area contributed by atoms with E-state index >= 15 is 0 Å². The topological polar surface area (TPSA) is 69.6 Å². The maximum absolute atomic E-state index is 14.3. The lowest BCUT2D eigenvalue weighted by atomic mass is 10.1. The molecule has 3 rings (SSSR count). The zero-order valence-corrected chi connectivity index (χ0v) is 14.3. The minimum Gasteiger partial charge on any atom is -0.460 e. The van der Waals surface area contributed by atoms with Crippen molar-refractivity contribution in [3.63, 3.8) is 0 Å². The molecule has 1 aliphatic rings. The van der Waals surface area contributed by atoms with E-state index in [1.165, 1.54) is 19.4 Å². The molecule has 6 nitrogen and oxygen atoms in total. The molecule has 7 heteroatoms. The fourth-order valence-electron chi connectivity index (χ4n) is 2.79. The highest BCUT2D eigenvalue weighted by Crippen LogP contribution is 2.37. The SMILES string of the molecule is CCNc1cc2c(cc1F)c(=O)c(C(=O)OCCOC)cn2C1CC1. The summed E-state index contributed by atoms with van der Waals surface area (Å²) in [4.78, 5) is 24.9. The van der Waals surface area contributed by atoms with Crippen LogP contribution in [0.15, 0.2) is 23.1 Å². The van der Waals surface area contributed by atoms with Crippen LogP contribution in [0.3, 0.4) is 0 Å². The van der Waals surface area contributed by atoms with E-state index in [-0.39, 0.29) is 30.2 Å². The van der Waals surface area contributed by atoms with Gasteiger partial charge in [0.05, 0.1) is 17.8 Å². The van der Waals surface area contributed by atoms with Crippen LogP contribution >= 0.6 is 0 Å². The standard InChI is InChI=1S/C18H21FN2O4/c1-3-20-15-9-16-12(8-14(15)19)17(22)13(10-21(16)11-4-5-11)18(23)25-7-6-24-2/h8-11,20H,3-7H2,1-2H3. The van der Waals surface area contributed by atoms with Crippen molar-refractivity contribution in [2.75, 3.05) is 32.2 Å². The zero-order chi connectivity index (χ0) is 18.0. The van der Waals surface area contributed by atoms with Crippen LogP contribution < -0.4 is 10.7 Å². The Kier molecular flexibility index (Phi) is 5.03. The van der Waals surface area contributed by atoms with Crippen LogP contribution in [0.25, 0.3) is 10.9 Å². The third-order valence-corrected chi connectivity index (χ3v) is 4.17. The van der Waals surface area contributed by atoms with Crippen LogP contribution in [0.5, 0.6) is 0 Å². The molecule has 0 radical (unpaired) electrons. The van der Waals surface area contributed by atoms with Crippen LogP contribution in [-0.4, -0.2) is 37.4 Å². The van der Waals surface area contributed by atoms with Gasteiger partial charge in [-0.15, -0.1) is 0 Å². The molecule has 0 atom stereocenters. The summed E-state index contributed by atoms with van der Waals surface area (Å²) < 4.78 is 26.0. The van der Waals surface area contributed by atoms with E-state index in [2.05, 4.69) is 5.32 Å². The lowest BCUT2D eigenvalue weighted by Gasteiger charge is -2.14. The molecule has 0 unspecified atom stereocenters. The van der Waals surface area contributed by atoms with Crippen LogP contribution in [-0.2, 0) is 9.47 Å². The number of benzene rings is 1. The fourth-order valence-corrected chi connectivity index (χ4v) is 2.79. The largest absolute Gasteiger partial charge is 0.460 e. The molecular weight excluding hydrogens is 327 g/mol. The highest BCUT2D eigenvalue weighted by atomic mass is 19.1. The molecule has 1 heterocycles. The molecule has 0 saturated heterocycles. The molecule has 1 aliphatic carbocycles. The van der Waals surface area contributed by atoms with Crippen molar-refractivity contribution < 1.29 is 18.7 Å². The molecule has 1 N–H and O–H groups in total. The van der Waals surface area contributed by atoms with Crippen molar-refractivity contribution in [3.05, 3.63) is 39.9 Å². The Bertz CT molecular complexity index is 858. The summed E-state index contributed by atoms with van der Waals surface area (Å²) in [5.74, 6) is -1.23. The normalized spacial score (nSPS) is 13.9. The van der Waals surface area contributed by atoms with Gasteiger partial charge in [0.25, 0.3) is 0 Å². The number of nitrogens with one attached hydrogen (secondary N) is 1. The van der Waals surface area contributed by atoms with Crippen LogP contribution in [0.2, 0.25) is 0 Å². The third-order valence-electron chi connectivity index (χ3n) is 4.17. The lowest BCUT2D eigenvalue weighted by molar-refractivity contribution is 0.0386. The first-order valence-corrected chi connectivity index (χ1v) is 8.35. The van der Waals surface area contributed by atoms with Gasteiger partial charge in [0.1, 0.15) is 18.0 Å². The van der Waals surface area contributed by atoms with Crippen LogP contribution in [0.1, 0.15) is 36.2 Å². The number of anilines is 1. The first-order valence-electron chi connectivity index (χ1n) is 8.35. The molecule has 0 aliphatic heterocycles. The number of rotatable bonds is 7. The molecule has 0 bridgehead atoms. The first-order chi connectivity index (χ1) is 12.1. The van der Waals surface area contributed by atoms with Gasteiger partial charge in [-0.25, -0.2) is 9.18 Å². The Morgan fingerprint density at radius 3 is 2.76 bits per heavy atom. The number of ether oxygens (including phenoxy) is 2. The Balaban J connectivity index is 2.11. The number of hydrogen-bond acceptors (Lipinski definition) is 5. The number of methoxy groups -OCH3 is 1. The second-order valence-corrected chi connectivity index (χ2v) is 6.02. The summed E-state index contributed by atoms with van der Waals surface area (Å²) >= 11 is 0. The number of fused-ring (bicyclic) bond motifs is 1. The smallest absolute Gasteiger partial charge is 0.343 e. The van der Waals surface area contributed by atoms with Gasteiger partial charge in [0.15, 0.2) is 0 Å². The van der Waals surface area contributed by atoms with Crippen molar-refractivity contribution >= 4 is 22.6 Å². The molecule has 0 amide bonds. The first kappa shape index (κ1) is 17.4. The van der Waals surface area contributed by atoms with Gasteiger partial charge in [-0.3, -0.25) is 4.79 Å². The number of esters is 1. The number of pyridine rings is 1. The van der Waals surface area contributed by atoms with Crippen molar-refractivity contribution in [3.8, 4) is 0 Å². The van der Waals surface area contributed by atoms with Crippen LogP contribution in [0, 0.1) is 5.82 Å². The summed E-state index contributed by atoms with van der Waals surface area (Å²) in [6, 6.07) is 3.04.